The van der Waals surface area contributed by atoms with Crippen LogP contribution in [0.5, 0.6) is 0 Å². The largest absolute Gasteiger partial charge is 0.740 e. The number of nitrogens with zero attached hydrogens (tertiary/aromatic N) is 5. The third-order valence-electron chi connectivity index (χ3n) is 7.53. The molecule has 1 aromatic carbocycles. The zero-order valence-electron chi connectivity index (χ0n) is 20.4. The van der Waals surface area contributed by atoms with Gasteiger partial charge in [0.05, 0.1) is 11.9 Å². The zero-order chi connectivity index (χ0) is 24.7. The summed E-state index contributed by atoms with van der Waals surface area (Å²) in [6.45, 7) is 1.55. The molecule has 0 radical (unpaired) electrons. The van der Waals surface area contributed by atoms with E-state index in [2.05, 4.69) is 21.4 Å². The molecule has 1 saturated heterocycles. The number of nitrogens with one attached hydrogen (secondary N) is 1. The van der Waals surface area contributed by atoms with Gasteiger partial charge in [0.15, 0.2) is 0 Å². The summed E-state index contributed by atoms with van der Waals surface area (Å²) in [6, 6.07) is 0.613. The smallest absolute Gasteiger partial charge is 0.326 e. The van der Waals surface area contributed by atoms with Crippen LogP contribution in [-0.4, -0.2) is 59.8 Å². The number of hydrogen-bond donors (Lipinski definition) is 1. The molecule has 2 aliphatic carbocycles. The fourth-order valence-corrected chi connectivity index (χ4v) is 7.18. The standard InChI is InChI=1S/C24H33N6O4S/c1-27-12-5-8-19(11-13-27)29(20-15-25-28(2)16-20)35(33,34)30(32)24(31)26-23-21-9-3-6-17(21)14-18-7-4-10-22(18)23/h14-16,19H,3-13H2,1-2H3,(H,26,31)/q-1. The number of amides is 2. The number of carbonyl (C=O) groups excluding carboxylic acids is 1. The molecule has 190 valence electrons. The van der Waals surface area contributed by atoms with Gasteiger partial charge in [-0.15, -0.1) is 0 Å². The van der Waals surface area contributed by atoms with Gasteiger partial charge in [-0.05, 0) is 100 Å². The van der Waals surface area contributed by atoms with Crippen LogP contribution in [0, 0.1) is 5.21 Å². The van der Waals surface area contributed by atoms with Gasteiger partial charge < -0.3 is 15.4 Å². The monoisotopic (exact) mass is 501 g/mol. The van der Waals surface area contributed by atoms with Crippen molar-refractivity contribution >= 4 is 27.6 Å². The van der Waals surface area contributed by atoms with Crippen LogP contribution in [0.3, 0.4) is 0 Å². The van der Waals surface area contributed by atoms with E-state index in [0.717, 1.165) is 66.9 Å². The Morgan fingerprint density at radius 3 is 2.37 bits per heavy atom. The van der Waals surface area contributed by atoms with Crippen LogP contribution in [0.15, 0.2) is 18.5 Å². The van der Waals surface area contributed by atoms with Crippen LogP contribution in [0.1, 0.15) is 54.4 Å². The highest BCUT2D eigenvalue weighted by Gasteiger charge is 2.36. The number of fused-ring (bicyclic) bond motifs is 2. The van der Waals surface area contributed by atoms with Crippen molar-refractivity contribution in [3.05, 3.63) is 45.9 Å². The van der Waals surface area contributed by atoms with Crippen LogP contribution in [0.2, 0.25) is 0 Å². The van der Waals surface area contributed by atoms with Crippen LogP contribution < -0.4 is 9.62 Å². The van der Waals surface area contributed by atoms with E-state index in [9.17, 15) is 18.4 Å². The number of aryl methyl sites for hydroxylation is 3. The second kappa shape index (κ2) is 9.44. The van der Waals surface area contributed by atoms with Crippen molar-refractivity contribution in [1.82, 2.24) is 19.1 Å². The number of anilines is 2. The van der Waals surface area contributed by atoms with E-state index in [0.29, 0.717) is 25.1 Å². The number of urea groups is 1. The molecule has 0 spiro atoms. The van der Waals surface area contributed by atoms with Crippen LogP contribution in [0.4, 0.5) is 16.2 Å². The van der Waals surface area contributed by atoms with Crippen molar-refractivity contribution in [2.75, 3.05) is 29.8 Å². The van der Waals surface area contributed by atoms with Crippen molar-refractivity contribution in [3.63, 3.8) is 0 Å². The highest BCUT2D eigenvalue weighted by molar-refractivity contribution is 7.91. The first kappa shape index (κ1) is 24.1. The topological polar surface area (TPSA) is 114 Å². The van der Waals surface area contributed by atoms with E-state index < -0.39 is 22.3 Å². The number of rotatable bonds is 5. The predicted molar refractivity (Wildman–Crippen MR) is 134 cm³/mol. The summed E-state index contributed by atoms with van der Waals surface area (Å²) in [4.78, 5) is 15.3. The highest BCUT2D eigenvalue weighted by Crippen LogP contribution is 2.39. The molecule has 10 nitrogen and oxygen atoms in total. The third kappa shape index (κ3) is 4.52. The SMILES string of the molecule is CN1CCCC(N(c2cnn(C)c2)S(=O)(=O)N([O-])C(=O)Nc2c3c(cc4c2CCC4)CCC3)CC1. The molecule has 2 aromatic rings. The van der Waals surface area contributed by atoms with Gasteiger partial charge in [-0.2, -0.15) is 13.5 Å². The van der Waals surface area contributed by atoms with Crippen LogP contribution >= 0.6 is 0 Å². The fraction of sp³-hybridized carbons (Fsp3) is 0.583. The Labute approximate surface area is 206 Å². The lowest BCUT2D eigenvalue weighted by molar-refractivity contribution is 0.243. The van der Waals surface area contributed by atoms with E-state index in [1.807, 2.05) is 7.05 Å². The van der Waals surface area contributed by atoms with Gasteiger partial charge in [0.1, 0.15) is 0 Å². The quantitative estimate of drug-likeness (QED) is 0.630. The van der Waals surface area contributed by atoms with Gasteiger partial charge >= 0.3 is 16.2 Å². The maximum Gasteiger partial charge on any atom is 0.326 e. The van der Waals surface area contributed by atoms with Crippen molar-refractivity contribution in [2.45, 2.75) is 63.8 Å². The lowest BCUT2D eigenvalue weighted by Crippen LogP contribution is -2.50. The first-order valence-electron chi connectivity index (χ1n) is 12.4. The van der Waals surface area contributed by atoms with Crippen molar-refractivity contribution in [3.8, 4) is 0 Å². The van der Waals surface area contributed by atoms with Gasteiger partial charge in [-0.25, -0.2) is 9.10 Å². The summed E-state index contributed by atoms with van der Waals surface area (Å²) in [5.41, 5.74) is 5.41. The summed E-state index contributed by atoms with van der Waals surface area (Å²) < 4.78 is 29.5. The molecule has 0 saturated carbocycles. The fourth-order valence-electron chi connectivity index (χ4n) is 5.82. The number of aromatic nitrogens is 2. The van der Waals surface area contributed by atoms with E-state index in [1.54, 1.807) is 13.2 Å². The molecule has 2 heterocycles. The molecule has 1 atom stereocenters. The molecule has 35 heavy (non-hydrogen) atoms. The number of carbonyl (C=O) groups is 1. The first-order chi connectivity index (χ1) is 16.8. The van der Waals surface area contributed by atoms with Gasteiger partial charge in [-0.1, -0.05) is 6.07 Å². The van der Waals surface area contributed by atoms with Gasteiger partial charge in [0, 0.05) is 25.0 Å². The first-order valence-corrected chi connectivity index (χ1v) is 13.8. The molecule has 11 heteroatoms. The van der Waals surface area contributed by atoms with Gasteiger partial charge in [-0.3, -0.25) is 9.15 Å². The lowest BCUT2D eigenvalue weighted by Gasteiger charge is -2.38. The third-order valence-corrected chi connectivity index (χ3v) is 9.12. The van der Waals surface area contributed by atoms with E-state index in [-0.39, 0.29) is 10.2 Å². The Balaban J connectivity index is 1.45. The Bertz CT molecular complexity index is 1190. The number of hydroxylamine groups is 1. The second-order valence-electron chi connectivity index (χ2n) is 9.96. The minimum atomic E-state index is -4.69. The van der Waals surface area contributed by atoms with Crippen molar-refractivity contribution in [1.29, 1.82) is 0 Å². The zero-order valence-corrected chi connectivity index (χ0v) is 21.2. The van der Waals surface area contributed by atoms with E-state index >= 15 is 0 Å². The molecule has 1 aliphatic heterocycles. The molecule has 2 amide bonds. The molecule has 1 N–H and O–H groups in total. The lowest BCUT2D eigenvalue weighted by atomic mass is 9.99. The van der Waals surface area contributed by atoms with Gasteiger partial charge in [0.25, 0.3) is 0 Å². The molecule has 1 unspecified atom stereocenters. The summed E-state index contributed by atoms with van der Waals surface area (Å²) >= 11 is 0. The average molecular weight is 502 g/mol. The van der Waals surface area contributed by atoms with Crippen LogP contribution in [0.25, 0.3) is 0 Å². The maximum atomic E-state index is 13.7. The number of likely N-dealkylation sites (tertiary alicyclic amines) is 1. The Hall–Kier alpha value is -2.63. The molecular weight excluding hydrogens is 468 g/mol. The highest BCUT2D eigenvalue weighted by atomic mass is 32.2. The Morgan fingerprint density at radius 1 is 1.06 bits per heavy atom. The van der Waals surface area contributed by atoms with Crippen molar-refractivity contribution in [2.24, 2.45) is 7.05 Å². The molecule has 5 rings (SSSR count). The molecule has 1 aromatic heterocycles. The van der Waals surface area contributed by atoms with Crippen molar-refractivity contribution < 1.29 is 13.2 Å². The normalized spacial score (nSPS) is 20.3. The molecule has 1 fully saturated rings. The predicted octanol–water partition coefficient (Wildman–Crippen LogP) is 2.96. The van der Waals surface area contributed by atoms with Gasteiger partial charge in [0.2, 0.25) is 0 Å². The molecule has 3 aliphatic rings. The summed E-state index contributed by atoms with van der Waals surface area (Å²) in [7, 11) is -1.01. The summed E-state index contributed by atoms with van der Waals surface area (Å²) in [5.74, 6) is 0. The van der Waals surface area contributed by atoms with E-state index in [4.69, 9.17) is 0 Å². The summed E-state index contributed by atoms with van der Waals surface area (Å²) in [5, 5.41) is 20.1. The molecule has 0 bridgehead atoms. The Morgan fingerprint density at radius 2 is 1.74 bits per heavy atom. The minimum Gasteiger partial charge on any atom is -0.740 e. The number of benzene rings is 1. The van der Waals surface area contributed by atoms with Crippen LogP contribution in [-0.2, 0) is 42.9 Å². The minimum absolute atomic E-state index is 0.289. The second-order valence-corrected chi connectivity index (χ2v) is 11.6. The Kier molecular flexibility index (Phi) is 6.49. The number of hydrogen-bond acceptors (Lipinski definition) is 6. The van der Waals surface area contributed by atoms with E-state index in [1.165, 1.54) is 22.0 Å². The maximum absolute atomic E-state index is 13.7. The molecular formula is C24H33N6O4S-. The average Bonchev–Trinajstić information content (AvgIpc) is 3.54. The summed E-state index contributed by atoms with van der Waals surface area (Å²) in [6.07, 6.45) is 10.4.